The lowest BCUT2D eigenvalue weighted by atomic mass is 10.2. The van der Waals surface area contributed by atoms with Gasteiger partial charge in [0, 0.05) is 18.2 Å². The lowest BCUT2D eigenvalue weighted by Crippen LogP contribution is -2.23. The van der Waals surface area contributed by atoms with Crippen molar-refractivity contribution < 1.29 is 22.7 Å². The molecule has 24 heavy (non-hydrogen) atoms. The van der Waals surface area contributed by atoms with Crippen LogP contribution in [-0.4, -0.2) is 28.4 Å². The molecule has 6 nitrogen and oxygen atoms in total. The van der Waals surface area contributed by atoms with Gasteiger partial charge >= 0.3 is 0 Å². The van der Waals surface area contributed by atoms with Crippen molar-refractivity contribution in [2.75, 3.05) is 14.2 Å². The van der Waals surface area contributed by atoms with E-state index in [1.165, 1.54) is 45.4 Å². The van der Waals surface area contributed by atoms with Crippen LogP contribution in [0.3, 0.4) is 0 Å². The zero-order valence-electron chi connectivity index (χ0n) is 13.7. The highest BCUT2D eigenvalue weighted by molar-refractivity contribution is 7.89. The molecule has 0 aliphatic carbocycles. The Morgan fingerprint density at radius 1 is 1.00 bits per heavy atom. The molecule has 0 amide bonds. The maximum atomic E-state index is 12.3. The standard InChI is InChI=1S/C17H19NO5S/c1-12(19)14-4-6-17(7-5-14)24(20,21)18-11-13-8-15(22-2)10-16(9-13)23-3/h4-10,18H,11H2,1-3H3. The molecule has 2 aromatic rings. The summed E-state index contributed by atoms with van der Waals surface area (Å²) in [5.74, 6) is 1.04. The molecule has 0 saturated carbocycles. The van der Waals surface area contributed by atoms with Crippen LogP contribution in [0.4, 0.5) is 0 Å². The van der Waals surface area contributed by atoms with Crippen LogP contribution < -0.4 is 14.2 Å². The third-order valence-corrected chi connectivity index (χ3v) is 4.87. The van der Waals surface area contributed by atoms with Gasteiger partial charge in [0.05, 0.1) is 19.1 Å². The lowest BCUT2D eigenvalue weighted by molar-refractivity contribution is 0.101. The Morgan fingerprint density at radius 2 is 1.54 bits per heavy atom. The van der Waals surface area contributed by atoms with E-state index in [-0.39, 0.29) is 17.2 Å². The smallest absolute Gasteiger partial charge is 0.240 e. The number of hydrogen-bond donors (Lipinski definition) is 1. The van der Waals surface area contributed by atoms with Crippen LogP contribution in [0, 0.1) is 0 Å². The van der Waals surface area contributed by atoms with E-state index in [9.17, 15) is 13.2 Å². The van der Waals surface area contributed by atoms with Gasteiger partial charge in [-0.2, -0.15) is 0 Å². The topological polar surface area (TPSA) is 81.7 Å². The van der Waals surface area contributed by atoms with Crippen molar-refractivity contribution in [3.05, 3.63) is 53.6 Å². The predicted molar refractivity (Wildman–Crippen MR) is 90.0 cm³/mol. The normalized spacial score (nSPS) is 11.1. The molecule has 0 radical (unpaired) electrons. The number of carbonyl (C=O) groups excluding carboxylic acids is 1. The van der Waals surface area contributed by atoms with Crippen molar-refractivity contribution >= 4 is 15.8 Å². The molecule has 0 fully saturated rings. The van der Waals surface area contributed by atoms with Crippen LogP contribution in [0.5, 0.6) is 11.5 Å². The van der Waals surface area contributed by atoms with E-state index in [1.54, 1.807) is 18.2 Å². The number of ether oxygens (including phenoxy) is 2. The number of benzene rings is 2. The molecule has 0 spiro atoms. The summed E-state index contributed by atoms with van der Waals surface area (Å²) in [4.78, 5) is 11.3. The van der Waals surface area contributed by atoms with Gasteiger partial charge in [-0.15, -0.1) is 0 Å². The van der Waals surface area contributed by atoms with E-state index in [4.69, 9.17) is 9.47 Å². The Balaban J connectivity index is 2.16. The molecule has 0 saturated heterocycles. The largest absolute Gasteiger partial charge is 0.497 e. The lowest BCUT2D eigenvalue weighted by Gasteiger charge is -2.10. The molecule has 0 bridgehead atoms. The Morgan fingerprint density at radius 3 is 2.00 bits per heavy atom. The molecule has 0 aliphatic rings. The molecule has 0 aliphatic heterocycles. The summed E-state index contributed by atoms with van der Waals surface area (Å²) in [6.07, 6.45) is 0. The molecule has 0 atom stereocenters. The van der Waals surface area contributed by atoms with Crippen molar-refractivity contribution in [1.29, 1.82) is 0 Å². The fourth-order valence-corrected chi connectivity index (χ4v) is 3.12. The van der Waals surface area contributed by atoms with Crippen LogP contribution in [-0.2, 0) is 16.6 Å². The molecule has 1 N–H and O–H groups in total. The molecule has 7 heteroatoms. The minimum Gasteiger partial charge on any atom is -0.497 e. The summed E-state index contributed by atoms with van der Waals surface area (Å²) in [6, 6.07) is 11.0. The highest BCUT2D eigenvalue weighted by Gasteiger charge is 2.14. The number of rotatable bonds is 7. The van der Waals surface area contributed by atoms with Gasteiger partial charge in [0.25, 0.3) is 0 Å². The van der Waals surface area contributed by atoms with Gasteiger partial charge in [-0.05, 0) is 36.8 Å². The summed E-state index contributed by atoms with van der Waals surface area (Å²) in [5, 5.41) is 0. The Hall–Kier alpha value is -2.38. The van der Waals surface area contributed by atoms with Crippen LogP contribution in [0.15, 0.2) is 47.4 Å². The van der Waals surface area contributed by atoms with Crippen LogP contribution in [0.1, 0.15) is 22.8 Å². The summed E-state index contributed by atoms with van der Waals surface area (Å²) >= 11 is 0. The highest BCUT2D eigenvalue weighted by atomic mass is 32.2. The minimum absolute atomic E-state index is 0.0877. The molecular formula is C17H19NO5S. The number of nitrogens with one attached hydrogen (secondary N) is 1. The fourth-order valence-electron chi connectivity index (χ4n) is 2.10. The highest BCUT2D eigenvalue weighted by Crippen LogP contribution is 2.22. The van der Waals surface area contributed by atoms with Crippen molar-refractivity contribution in [2.24, 2.45) is 0 Å². The average molecular weight is 349 g/mol. The second-order valence-corrected chi connectivity index (χ2v) is 6.89. The van der Waals surface area contributed by atoms with Crippen LogP contribution in [0.25, 0.3) is 0 Å². The Bertz CT molecular complexity index is 806. The quantitative estimate of drug-likeness (QED) is 0.776. The summed E-state index contributed by atoms with van der Waals surface area (Å²) in [5.41, 5.74) is 1.17. The van der Waals surface area contributed by atoms with Gasteiger partial charge in [0.15, 0.2) is 5.78 Å². The zero-order chi connectivity index (χ0) is 17.7. The molecule has 0 unspecified atom stereocenters. The average Bonchev–Trinajstić information content (AvgIpc) is 2.59. The Kier molecular flexibility index (Phi) is 5.58. The number of Topliss-reactive ketones (excluding diaryl/α,β-unsaturated/α-hetero) is 1. The van der Waals surface area contributed by atoms with Crippen molar-refractivity contribution in [3.63, 3.8) is 0 Å². The second kappa shape index (κ2) is 7.46. The van der Waals surface area contributed by atoms with Gasteiger partial charge in [-0.25, -0.2) is 13.1 Å². The molecule has 0 heterocycles. The van der Waals surface area contributed by atoms with Gasteiger partial charge in [0.1, 0.15) is 11.5 Å². The number of ketones is 1. The van der Waals surface area contributed by atoms with Crippen LogP contribution >= 0.6 is 0 Å². The van der Waals surface area contributed by atoms with Crippen LogP contribution in [0.2, 0.25) is 0 Å². The van der Waals surface area contributed by atoms with Gasteiger partial charge in [-0.3, -0.25) is 4.79 Å². The molecule has 2 rings (SSSR count). The third-order valence-electron chi connectivity index (χ3n) is 3.45. The van der Waals surface area contributed by atoms with Crippen molar-refractivity contribution in [3.8, 4) is 11.5 Å². The van der Waals surface area contributed by atoms with E-state index in [1.807, 2.05) is 0 Å². The molecule has 2 aromatic carbocycles. The zero-order valence-corrected chi connectivity index (χ0v) is 14.5. The van der Waals surface area contributed by atoms with E-state index in [2.05, 4.69) is 4.72 Å². The minimum atomic E-state index is -3.68. The van der Waals surface area contributed by atoms with E-state index in [0.29, 0.717) is 22.6 Å². The summed E-state index contributed by atoms with van der Waals surface area (Å²) in [7, 11) is -0.629. The molecular weight excluding hydrogens is 330 g/mol. The van der Waals surface area contributed by atoms with Gasteiger partial charge in [0.2, 0.25) is 10.0 Å². The number of carbonyl (C=O) groups is 1. The first-order chi connectivity index (χ1) is 11.4. The van der Waals surface area contributed by atoms with E-state index >= 15 is 0 Å². The van der Waals surface area contributed by atoms with E-state index in [0.717, 1.165) is 0 Å². The fraction of sp³-hybridized carbons (Fsp3) is 0.235. The second-order valence-electron chi connectivity index (χ2n) is 5.13. The predicted octanol–water partition coefficient (Wildman–Crippen LogP) is 2.38. The summed E-state index contributed by atoms with van der Waals surface area (Å²) in [6.45, 7) is 1.52. The SMILES string of the molecule is COc1cc(CNS(=O)(=O)c2ccc(C(C)=O)cc2)cc(OC)c1. The maximum absolute atomic E-state index is 12.3. The first-order valence-electron chi connectivity index (χ1n) is 7.18. The monoisotopic (exact) mass is 349 g/mol. The maximum Gasteiger partial charge on any atom is 0.240 e. The number of hydrogen-bond acceptors (Lipinski definition) is 5. The van der Waals surface area contributed by atoms with Crippen molar-refractivity contribution in [2.45, 2.75) is 18.4 Å². The Labute approximate surface area is 141 Å². The van der Waals surface area contributed by atoms with Gasteiger partial charge in [-0.1, -0.05) is 12.1 Å². The third kappa shape index (κ3) is 4.33. The van der Waals surface area contributed by atoms with Crippen molar-refractivity contribution in [1.82, 2.24) is 4.72 Å². The first-order valence-corrected chi connectivity index (χ1v) is 8.66. The number of sulfonamides is 1. The number of methoxy groups -OCH3 is 2. The summed E-state index contributed by atoms with van der Waals surface area (Å²) < 4.78 is 37.5. The molecule has 128 valence electrons. The van der Waals surface area contributed by atoms with E-state index < -0.39 is 10.0 Å². The first kappa shape index (κ1) is 18.0. The van der Waals surface area contributed by atoms with Gasteiger partial charge < -0.3 is 9.47 Å². The molecule has 0 aromatic heterocycles.